The van der Waals surface area contributed by atoms with Crippen molar-refractivity contribution in [2.24, 2.45) is 11.8 Å². The van der Waals surface area contributed by atoms with Crippen LogP contribution in [0.4, 0.5) is 13.2 Å². The Morgan fingerprint density at radius 3 is 2.39 bits per heavy atom. The lowest BCUT2D eigenvalue weighted by Crippen LogP contribution is -2.39. The minimum atomic E-state index is -3.98. The van der Waals surface area contributed by atoms with Crippen molar-refractivity contribution in [1.82, 2.24) is 10.2 Å². The van der Waals surface area contributed by atoms with Crippen LogP contribution in [0.25, 0.3) is 0 Å². The zero-order valence-corrected chi connectivity index (χ0v) is 10.8. The largest absolute Gasteiger partial charge is 0.391 e. The van der Waals surface area contributed by atoms with Crippen LogP contribution < -0.4 is 5.32 Å². The molecule has 0 aromatic carbocycles. The quantitative estimate of drug-likeness (QED) is 0.839. The molecule has 2 aliphatic rings. The van der Waals surface area contributed by atoms with E-state index < -0.39 is 12.1 Å². The third kappa shape index (κ3) is 4.12. The molecule has 5 heteroatoms. The molecule has 0 aromatic heterocycles. The Morgan fingerprint density at radius 1 is 1.11 bits per heavy atom. The molecular weight excluding hydrogens is 241 g/mol. The van der Waals surface area contributed by atoms with Crippen molar-refractivity contribution in [3.63, 3.8) is 0 Å². The first-order valence-electron chi connectivity index (χ1n) is 7.05. The number of rotatable bonds is 4. The maximum atomic E-state index is 12.5. The number of likely N-dealkylation sites (tertiary alicyclic amines) is 1. The number of nitrogens with zero attached hydrogens (tertiary/aromatic N) is 1. The molecule has 2 saturated heterocycles. The number of hydrogen-bond donors (Lipinski definition) is 1. The van der Waals surface area contributed by atoms with Crippen molar-refractivity contribution in [3.8, 4) is 0 Å². The molecule has 0 saturated carbocycles. The van der Waals surface area contributed by atoms with Crippen LogP contribution in [0.5, 0.6) is 0 Å². The fourth-order valence-electron chi connectivity index (χ4n) is 3.05. The van der Waals surface area contributed by atoms with E-state index in [1.54, 1.807) is 0 Å². The minimum absolute atomic E-state index is 0.286. The molecular formula is C13H23F3N2. The van der Waals surface area contributed by atoms with Gasteiger partial charge in [-0.05, 0) is 70.7 Å². The van der Waals surface area contributed by atoms with Crippen molar-refractivity contribution in [1.29, 1.82) is 0 Å². The Morgan fingerprint density at radius 2 is 1.83 bits per heavy atom. The fraction of sp³-hybridized carbons (Fsp3) is 1.00. The molecule has 1 unspecified atom stereocenters. The van der Waals surface area contributed by atoms with Crippen molar-refractivity contribution < 1.29 is 13.2 Å². The summed E-state index contributed by atoms with van der Waals surface area (Å²) in [6.07, 6.45) is 0.190. The van der Waals surface area contributed by atoms with Gasteiger partial charge in [0.15, 0.2) is 0 Å². The Bertz CT molecular complexity index is 241. The first-order chi connectivity index (χ1) is 8.55. The molecule has 0 aromatic rings. The highest BCUT2D eigenvalue weighted by molar-refractivity contribution is 4.78. The van der Waals surface area contributed by atoms with E-state index >= 15 is 0 Å². The first-order valence-corrected chi connectivity index (χ1v) is 7.05. The van der Waals surface area contributed by atoms with Crippen LogP contribution in [0.15, 0.2) is 0 Å². The van der Waals surface area contributed by atoms with Crippen molar-refractivity contribution >= 4 is 0 Å². The predicted octanol–water partition coefficient (Wildman–Crippen LogP) is 2.65. The molecule has 2 rings (SSSR count). The molecule has 1 atom stereocenters. The van der Waals surface area contributed by atoms with E-state index in [0.717, 1.165) is 32.0 Å². The molecule has 2 aliphatic heterocycles. The first kappa shape index (κ1) is 14.1. The van der Waals surface area contributed by atoms with Crippen LogP contribution in [0.2, 0.25) is 0 Å². The van der Waals surface area contributed by atoms with Crippen LogP contribution in [0, 0.1) is 11.8 Å². The van der Waals surface area contributed by atoms with Crippen LogP contribution in [-0.4, -0.2) is 43.8 Å². The summed E-state index contributed by atoms with van der Waals surface area (Å²) in [6.45, 7) is 4.46. The van der Waals surface area contributed by atoms with Gasteiger partial charge in [-0.3, -0.25) is 0 Å². The van der Waals surface area contributed by atoms with Crippen molar-refractivity contribution in [2.75, 3.05) is 32.7 Å². The van der Waals surface area contributed by atoms with E-state index in [1.807, 2.05) is 0 Å². The molecule has 2 heterocycles. The van der Waals surface area contributed by atoms with Gasteiger partial charge in [-0.15, -0.1) is 0 Å². The van der Waals surface area contributed by atoms with Gasteiger partial charge in [0.05, 0.1) is 5.92 Å². The lowest BCUT2D eigenvalue weighted by atomic mass is 9.95. The molecule has 2 fully saturated rings. The molecule has 106 valence electrons. The summed E-state index contributed by atoms with van der Waals surface area (Å²) < 4.78 is 37.5. The topological polar surface area (TPSA) is 15.3 Å². The lowest BCUT2D eigenvalue weighted by Gasteiger charge is -2.33. The second kappa shape index (κ2) is 6.24. The zero-order valence-electron chi connectivity index (χ0n) is 10.8. The smallest absolute Gasteiger partial charge is 0.316 e. The highest BCUT2D eigenvalue weighted by Crippen LogP contribution is 2.34. The Kier molecular flexibility index (Phi) is 4.90. The van der Waals surface area contributed by atoms with Crippen LogP contribution >= 0.6 is 0 Å². The van der Waals surface area contributed by atoms with Gasteiger partial charge in [0.1, 0.15) is 0 Å². The third-order valence-electron chi connectivity index (χ3n) is 4.30. The van der Waals surface area contributed by atoms with Gasteiger partial charge in [-0.1, -0.05) is 0 Å². The SMILES string of the molecule is FC(F)(F)C1CCN(CCCC2CCNC2)CC1. The average Bonchev–Trinajstić information content (AvgIpc) is 2.82. The highest BCUT2D eigenvalue weighted by Gasteiger charge is 2.40. The Labute approximate surface area is 107 Å². The maximum Gasteiger partial charge on any atom is 0.391 e. The summed E-state index contributed by atoms with van der Waals surface area (Å²) in [5, 5.41) is 3.34. The van der Waals surface area contributed by atoms with Gasteiger partial charge in [0.2, 0.25) is 0 Å². The summed E-state index contributed by atoms with van der Waals surface area (Å²) in [6, 6.07) is 0. The van der Waals surface area contributed by atoms with Gasteiger partial charge < -0.3 is 10.2 Å². The summed E-state index contributed by atoms with van der Waals surface area (Å²) in [4.78, 5) is 2.20. The molecule has 0 amide bonds. The Balaban J connectivity index is 1.58. The minimum Gasteiger partial charge on any atom is -0.316 e. The van der Waals surface area contributed by atoms with E-state index in [0.29, 0.717) is 13.1 Å². The van der Waals surface area contributed by atoms with Gasteiger partial charge >= 0.3 is 6.18 Å². The molecule has 18 heavy (non-hydrogen) atoms. The molecule has 0 radical (unpaired) electrons. The van der Waals surface area contributed by atoms with E-state index in [9.17, 15) is 13.2 Å². The molecule has 1 N–H and O–H groups in total. The van der Waals surface area contributed by atoms with E-state index in [-0.39, 0.29) is 12.8 Å². The zero-order chi connectivity index (χ0) is 13.0. The molecule has 2 nitrogen and oxygen atoms in total. The number of piperidine rings is 1. The van der Waals surface area contributed by atoms with Gasteiger partial charge in [0, 0.05) is 0 Å². The molecule has 0 bridgehead atoms. The second-order valence-electron chi connectivity index (χ2n) is 5.66. The van der Waals surface area contributed by atoms with Gasteiger partial charge in [0.25, 0.3) is 0 Å². The maximum absolute atomic E-state index is 12.5. The molecule has 0 aliphatic carbocycles. The monoisotopic (exact) mass is 264 g/mol. The number of alkyl halides is 3. The number of hydrogen-bond acceptors (Lipinski definition) is 2. The van der Waals surface area contributed by atoms with Gasteiger partial charge in [-0.25, -0.2) is 0 Å². The average molecular weight is 264 g/mol. The molecule has 0 spiro atoms. The Hall–Kier alpha value is -0.290. The summed E-state index contributed by atoms with van der Waals surface area (Å²) in [7, 11) is 0. The number of halogens is 3. The fourth-order valence-corrected chi connectivity index (χ4v) is 3.05. The van der Waals surface area contributed by atoms with Crippen molar-refractivity contribution in [3.05, 3.63) is 0 Å². The standard InChI is InChI=1S/C13H23F3N2/c14-13(15,16)12-4-8-18(9-5-12)7-1-2-11-3-6-17-10-11/h11-12,17H,1-10H2. The lowest BCUT2D eigenvalue weighted by molar-refractivity contribution is -0.185. The van der Waals surface area contributed by atoms with Crippen molar-refractivity contribution in [2.45, 2.75) is 38.3 Å². The summed E-state index contributed by atoms with van der Waals surface area (Å²) >= 11 is 0. The van der Waals surface area contributed by atoms with Crippen LogP contribution in [0.1, 0.15) is 32.1 Å². The summed E-state index contributed by atoms with van der Waals surface area (Å²) in [5.41, 5.74) is 0. The summed E-state index contributed by atoms with van der Waals surface area (Å²) in [5.74, 6) is -0.273. The predicted molar refractivity (Wildman–Crippen MR) is 65.4 cm³/mol. The van der Waals surface area contributed by atoms with Crippen LogP contribution in [0.3, 0.4) is 0 Å². The van der Waals surface area contributed by atoms with Crippen LogP contribution in [-0.2, 0) is 0 Å². The van der Waals surface area contributed by atoms with E-state index in [4.69, 9.17) is 0 Å². The second-order valence-corrected chi connectivity index (χ2v) is 5.66. The highest BCUT2D eigenvalue weighted by atomic mass is 19.4. The van der Waals surface area contributed by atoms with Gasteiger partial charge in [-0.2, -0.15) is 13.2 Å². The number of nitrogens with one attached hydrogen (secondary N) is 1. The van der Waals surface area contributed by atoms with E-state index in [2.05, 4.69) is 10.2 Å². The normalized spacial score (nSPS) is 27.8. The third-order valence-corrected chi connectivity index (χ3v) is 4.30. The van der Waals surface area contributed by atoms with E-state index in [1.165, 1.54) is 12.8 Å².